The van der Waals surface area contributed by atoms with E-state index in [0.717, 1.165) is 25.2 Å². The number of aryl methyl sites for hydroxylation is 1. The molecule has 2 aromatic heterocycles. The first-order valence-electron chi connectivity index (χ1n) is 8.02. The van der Waals surface area contributed by atoms with Crippen LogP contribution in [-0.2, 0) is 4.74 Å². The Balaban J connectivity index is 1.58. The molecule has 2 amide bonds. The van der Waals surface area contributed by atoms with Crippen LogP contribution in [0.25, 0.3) is 5.65 Å². The average molecular weight is 317 g/mol. The molecule has 0 aromatic carbocycles. The molecule has 7 nitrogen and oxygen atoms in total. The van der Waals surface area contributed by atoms with Crippen molar-refractivity contribution in [3.05, 3.63) is 24.2 Å². The lowest BCUT2D eigenvalue weighted by atomic mass is 10.2. The van der Waals surface area contributed by atoms with Crippen LogP contribution in [0.5, 0.6) is 0 Å². The number of urea groups is 1. The second-order valence-electron chi connectivity index (χ2n) is 6.39. The van der Waals surface area contributed by atoms with E-state index in [0.29, 0.717) is 24.0 Å². The molecule has 124 valence electrons. The number of hydrogen-bond donors (Lipinski definition) is 1. The van der Waals surface area contributed by atoms with Crippen LogP contribution < -0.4 is 5.32 Å². The van der Waals surface area contributed by atoms with Crippen LogP contribution in [0.15, 0.2) is 18.3 Å². The van der Waals surface area contributed by atoms with Gasteiger partial charge in [0.1, 0.15) is 5.82 Å². The van der Waals surface area contributed by atoms with Crippen molar-refractivity contribution >= 4 is 17.4 Å². The number of ether oxygens (including phenoxy) is 1. The molecule has 1 saturated heterocycles. The maximum absolute atomic E-state index is 12.4. The molecule has 1 N–H and O–H groups in total. The summed E-state index contributed by atoms with van der Waals surface area (Å²) in [5.41, 5.74) is 1.47. The minimum absolute atomic E-state index is 0.100. The van der Waals surface area contributed by atoms with Gasteiger partial charge in [-0.15, -0.1) is 0 Å². The van der Waals surface area contributed by atoms with Gasteiger partial charge in [-0.3, -0.25) is 0 Å². The lowest BCUT2D eigenvalue weighted by molar-refractivity contribution is 0.0440. The molecule has 3 rings (SSSR count). The van der Waals surface area contributed by atoms with Gasteiger partial charge in [0.25, 0.3) is 0 Å². The summed E-state index contributed by atoms with van der Waals surface area (Å²) in [6.07, 6.45) is 2.81. The van der Waals surface area contributed by atoms with E-state index in [1.807, 2.05) is 19.1 Å². The number of amides is 2. The highest BCUT2D eigenvalue weighted by Crippen LogP contribution is 2.16. The molecule has 7 heteroatoms. The zero-order valence-corrected chi connectivity index (χ0v) is 13.8. The topological polar surface area (TPSA) is 71.8 Å². The summed E-state index contributed by atoms with van der Waals surface area (Å²) >= 11 is 0. The van der Waals surface area contributed by atoms with Gasteiger partial charge < -0.3 is 15.0 Å². The van der Waals surface area contributed by atoms with Crippen LogP contribution >= 0.6 is 0 Å². The van der Waals surface area contributed by atoms with Crippen molar-refractivity contribution in [3.8, 4) is 0 Å². The molecule has 2 aromatic rings. The molecule has 0 aliphatic carbocycles. The normalized spacial score (nSPS) is 18.1. The van der Waals surface area contributed by atoms with E-state index >= 15 is 0 Å². The van der Waals surface area contributed by atoms with E-state index in [1.54, 1.807) is 15.6 Å². The van der Waals surface area contributed by atoms with Crippen molar-refractivity contribution in [2.24, 2.45) is 5.92 Å². The molecular formula is C16H23N5O2. The van der Waals surface area contributed by atoms with Crippen molar-refractivity contribution in [2.75, 3.05) is 25.0 Å². The Morgan fingerprint density at radius 1 is 1.48 bits per heavy atom. The van der Waals surface area contributed by atoms with Crippen LogP contribution in [-0.4, -0.2) is 51.3 Å². The molecule has 1 unspecified atom stereocenters. The molecule has 1 aliphatic heterocycles. The lowest BCUT2D eigenvalue weighted by Gasteiger charge is -2.18. The third-order valence-electron chi connectivity index (χ3n) is 3.79. The summed E-state index contributed by atoms with van der Waals surface area (Å²) in [5, 5.41) is 7.17. The predicted octanol–water partition coefficient (Wildman–Crippen LogP) is 2.32. The number of carbonyl (C=O) groups excluding carboxylic acids is 1. The second-order valence-corrected chi connectivity index (χ2v) is 6.39. The summed E-state index contributed by atoms with van der Waals surface area (Å²) < 4.78 is 7.48. The van der Waals surface area contributed by atoms with Crippen LogP contribution in [0, 0.1) is 12.8 Å². The number of rotatable bonds is 4. The number of anilines is 1. The molecule has 23 heavy (non-hydrogen) atoms. The Kier molecular flexibility index (Phi) is 4.47. The zero-order valence-electron chi connectivity index (χ0n) is 13.8. The highest BCUT2D eigenvalue weighted by Gasteiger charge is 2.27. The molecule has 1 fully saturated rings. The summed E-state index contributed by atoms with van der Waals surface area (Å²) in [4.78, 5) is 18.4. The molecule has 1 aliphatic rings. The number of pyridine rings is 1. The van der Waals surface area contributed by atoms with E-state index in [1.165, 1.54) is 0 Å². The first-order valence-corrected chi connectivity index (χ1v) is 8.02. The standard InChI is InChI=1S/C16H23N5O2/c1-11(2)10-23-14-6-7-20(9-14)16(22)18-13-4-5-15-17-12(3)19-21(15)8-13/h4-5,8,11,14H,6-7,9-10H2,1-3H3,(H,18,22). The van der Waals surface area contributed by atoms with E-state index in [4.69, 9.17) is 4.74 Å². The number of nitrogens with one attached hydrogen (secondary N) is 1. The number of aromatic nitrogens is 3. The number of carbonyl (C=O) groups is 1. The van der Waals surface area contributed by atoms with Gasteiger partial charge in [0.2, 0.25) is 0 Å². The van der Waals surface area contributed by atoms with Gasteiger partial charge in [-0.1, -0.05) is 13.8 Å². The second kappa shape index (κ2) is 6.54. The van der Waals surface area contributed by atoms with Crippen molar-refractivity contribution in [3.63, 3.8) is 0 Å². The predicted molar refractivity (Wildman–Crippen MR) is 87.5 cm³/mol. The van der Waals surface area contributed by atoms with Crippen molar-refractivity contribution in [1.29, 1.82) is 0 Å². The van der Waals surface area contributed by atoms with Gasteiger partial charge in [0.15, 0.2) is 5.65 Å². The third kappa shape index (κ3) is 3.79. The molecular weight excluding hydrogens is 294 g/mol. The summed E-state index contributed by atoms with van der Waals surface area (Å²) in [6, 6.07) is 3.58. The smallest absolute Gasteiger partial charge is 0.321 e. The Morgan fingerprint density at radius 2 is 2.30 bits per heavy atom. The van der Waals surface area contributed by atoms with Gasteiger partial charge in [-0.05, 0) is 31.4 Å². The fourth-order valence-electron chi connectivity index (χ4n) is 2.65. The lowest BCUT2D eigenvalue weighted by Crippen LogP contribution is -2.34. The SMILES string of the molecule is Cc1nc2ccc(NC(=O)N3CCC(OCC(C)C)C3)cn2n1. The van der Waals surface area contributed by atoms with Gasteiger partial charge in [0, 0.05) is 19.7 Å². The van der Waals surface area contributed by atoms with Crippen molar-refractivity contribution in [1.82, 2.24) is 19.5 Å². The van der Waals surface area contributed by atoms with E-state index in [9.17, 15) is 4.79 Å². The fourth-order valence-corrected chi connectivity index (χ4v) is 2.65. The molecule has 0 saturated carbocycles. The van der Waals surface area contributed by atoms with Gasteiger partial charge in [-0.2, -0.15) is 5.10 Å². The van der Waals surface area contributed by atoms with Gasteiger partial charge in [-0.25, -0.2) is 14.3 Å². The maximum Gasteiger partial charge on any atom is 0.321 e. The largest absolute Gasteiger partial charge is 0.376 e. The molecule has 1 atom stereocenters. The van der Waals surface area contributed by atoms with E-state index < -0.39 is 0 Å². The van der Waals surface area contributed by atoms with Crippen molar-refractivity contribution < 1.29 is 9.53 Å². The first-order chi connectivity index (χ1) is 11.0. The minimum Gasteiger partial charge on any atom is -0.376 e. The quantitative estimate of drug-likeness (QED) is 0.939. The average Bonchev–Trinajstić information content (AvgIpc) is 3.10. The summed E-state index contributed by atoms with van der Waals surface area (Å²) in [6.45, 7) is 8.20. The zero-order chi connectivity index (χ0) is 16.4. The van der Waals surface area contributed by atoms with Crippen molar-refractivity contribution in [2.45, 2.75) is 33.3 Å². The maximum atomic E-state index is 12.4. The Bertz CT molecular complexity index is 697. The number of likely N-dealkylation sites (tertiary alicyclic amines) is 1. The first kappa shape index (κ1) is 15.7. The Hall–Kier alpha value is -2.15. The molecule has 0 bridgehead atoms. The highest BCUT2D eigenvalue weighted by atomic mass is 16.5. The number of fused-ring (bicyclic) bond motifs is 1. The Morgan fingerprint density at radius 3 is 3.09 bits per heavy atom. The van der Waals surface area contributed by atoms with Crippen LogP contribution in [0.4, 0.5) is 10.5 Å². The number of hydrogen-bond acceptors (Lipinski definition) is 4. The highest BCUT2D eigenvalue weighted by molar-refractivity contribution is 5.89. The monoisotopic (exact) mass is 317 g/mol. The van der Waals surface area contributed by atoms with Crippen LogP contribution in [0.3, 0.4) is 0 Å². The summed E-state index contributed by atoms with van der Waals surface area (Å²) in [7, 11) is 0. The Labute approximate surface area is 135 Å². The van der Waals surface area contributed by atoms with E-state index in [-0.39, 0.29) is 12.1 Å². The van der Waals surface area contributed by atoms with Crippen LogP contribution in [0.1, 0.15) is 26.1 Å². The number of nitrogens with zero attached hydrogens (tertiary/aromatic N) is 4. The molecule has 0 radical (unpaired) electrons. The molecule has 0 spiro atoms. The molecule has 3 heterocycles. The third-order valence-corrected chi connectivity index (χ3v) is 3.79. The fraction of sp³-hybridized carbons (Fsp3) is 0.562. The van der Waals surface area contributed by atoms with Gasteiger partial charge in [0.05, 0.1) is 18.0 Å². The van der Waals surface area contributed by atoms with Gasteiger partial charge >= 0.3 is 6.03 Å². The van der Waals surface area contributed by atoms with Crippen LogP contribution in [0.2, 0.25) is 0 Å². The van der Waals surface area contributed by atoms with E-state index in [2.05, 4.69) is 29.2 Å². The minimum atomic E-state index is -0.100. The summed E-state index contributed by atoms with van der Waals surface area (Å²) in [5.74, 6) is 1.22.